The van der Waals surface area contributed by atoms with Gasteiger partial charge in [-0.25, -0.2) is 19.2 Å². The van der Waals surface area contributed by atoms with Gasteiger partial charge in [0.1, 0.15) is 34.9 Å². The van der Waals surface area contributed by atoms with Gasteiger partial charge in [-0.15, -0.1) is 0 Å². The third-order valence-electron chi connectivity index (χ3n) is 4.02. The van der Waals surface area contributed by atoms with E-state index in [0.717, 1.165) is 16.8 Å². The van der Waals surface area contributed by atoms with Gasteiger partial charge in [-0.1, -0.05) is 17.7 Å². The molecule has 0 radical (unpaired) electrons. The Morgan fingerprint density at radius 1 is 1.42 bits per heavy atom. The number of amides is 1. The summed E-state index contributed by atoms with van der Waals surface area (Å²) in [6, 6.07) is 7.90. The minimum atomic E-state index is -1.24. The predicted octanol–water partition coefficient (Wildman–Crippen LogP) is 3.59. The number of nitrogens with zero attached hydrogens (tertiary/aromatic N) is 5. The van der Waals surface area contributed by atoms with E-state index in [1.807, 2.05) is 13.0 Å². The van der Waals surface area contributed by atoms with E-state index in [4.69, 9.17) is 11.6 Å². The molecule has 3 rings (SSSR count). The summed E-state index contributed by atoms with van der Waals surface area (Å²) >= 11 is 5.79. The van der Waals surface area contributed by atoms with E-state index >= 15 is 0 Å². The molecule has 2 heterocycles. The number of hydrogen-bond acceptors (Lipinski definition) is 4. The maximum atomic E-state index is 14.3. The van der Waals surface area contributed by atoms with Crippen LogP contribution in [0.1, 0.15) is 11.3 Å². The number of aromatic nitrogens is 3. The molecule has 0 saturated heterocycles. The van der Waals surface area contributed by atoms with Gasteiger partial charge in [0.2, 0.25) is 0 Å². The standard InChI is InChI=1S/C17H13ClFN5O2/c1-10-2-3-13(19)16-12(10)6-11(8-20)23(16)4-5-24(17(25)26)15-7-14(18)21-9-22-15/h2-3,6-7,9H,4-5H2,1H3,(H,25,26). The average Bonchev–Trinajstić information content (AvgIpc) is 2.98. The van der Waals surface area contributed by atoms with Gasteiger partial charge < -0.3 is 9.67 Å². The second kappa shape index (κ2) is 6.98. The van der Waals surface area contributed by atoms with Crippen LogP contribution in [-0.2, 0) is 6.54 Å². The lowest BCUT2D eigenvalue weighted by atomic mass is 10.1. The Hall–Kier alpha value is -3.18. The maximum absolute atomic E-state index is 14.3. The smallest absolute Gasteiger partial charge is 0.413 e. The van der Waals surface area contributed by atoms with Crippen molar-refractivity contribution >= 4 is 34.4 Å². The molecule has 0 saturated carbocycles. The van der Waals surface area contributed by atoms with Gasteiger partial charge in [-0.05, 0) is 24.6 Å². The van der Waals surface area contributed by atoms with Gasteiger partial charge >= 0.3 is 6.09 Å². The lowest BCUT2D eigenvalue weighted by Gasteiger charge is -2.19. The molecule has 7 nitrogen and oxygen atoms in total. The average molecular weight is 374 g/mol. The zero-order valence-electron chi connectivity index (χ0n) is 13.6. The monoisotopic (exact) mass is 373 g/mol. The molecule has 2 aromatic heterocycles. The number of benzene rings is 1. The van der Waals surface area contributed by atoms with Gasteiger partial charge in [-0.3, -0.25) is 4.90 Å². The first-order valence-corrected chi connectivity index (χ1v) is 7.96. The van der Waals surface area contributed by atoms with Crippen molar-refractivity contribution < 1.29 is 14.3 Å². The predicted molar refractivity (Wildman–Crippen MR) is 93.8 cm³/mol. The van der Waals surface area contributed by atoms with E-state index in [0.29, 0.717) is 5.39 Å². The van der Waals surface area contributed by atoms with Gasteiger partial charge in [0.05, 0.1) is 5.52 Å². The molecule has 3 aromatic rings. The lowest BCUT2D eigenvalue weighted by Crippen LogP contribution is -2.33. The number of fused-ring (bicyclic) bond motifs is 1. The molecule has 0 aliphatic carbocycles. The Bertz CT molecular complexity index is 1040. The Morgan fingerprint density at radius 3 is 2.85 bits per heavy atom. The molecule has 1 amide bonds. The number of halogens is 2. The SMILES string of the molecule is Cc1ccc(F)c2c1cc(C#N)n2CCN(C(=O)O)c1cc(Cl)ncn1. The zero-order valence-corrected chi connectivity index (χ0v) is 14.4. The fourth-order valence-corrected chi connectivity index (χ4v) is 2.92. The second-order valence-corrected chi connectivity index (χ2v) is 5.94. The van der Waals surface area contributed by atoms with E-state index in [9.17, 15) is 19.6 Å². The van der Waals surface area contributed by atoms with Crippen molar-refractivity contribution in [2.24, 2.45) is 0 Å². The quantitative estimate of drug-likeness (QED) is 0.705. The number of aryl methyl sites for hydroxylation is 1. The summed E-state index contributed by atoms with van der Waals surface area (Å²) in [7, 11) is 0. The van der Waals surface area contributed by atoms with E-state index in [2.05, 4.69) is 9.97 Å². The second-order valence-electron chi connectivity index (χ2n) is 5.55. The molecule has 0 bridgehead atoms. The van der Waals surface area contributed by atoms with Crippen LogP contribution in [0.5, 0.6) is 0 Å². The molecule has 0 fully saturated rings. The first kappa shape index (κ1) is 17.6. The van der Waals surface area contributed by atoms with E-state index < -0.39 is 11.9 Å². The van der Waals surface area contributed by atoms with Crippen LogP contribution in [0.15, 0.2) is 30.6 Å². The van der Waals surface area contributed by atoms with Crippen LogP contribution < -0.4 is 4.90 Å². The van der Waals surface area contributed by atoms with E-state index in [-0.39, 0.29) is 35.3 Å². The normalized spacial score (nSPS) is 10.7. The zero-order chi connectivity index (χ0) is 18.8. The summed E-state index contributed by atoms with van der Waals surface area (Å²) in [5.41, 5.74) is 1.35. The van der Waals surface area contributed by atoms with Crippen molar-refractivity contribution in [3.05, 3.63) is 52.8 Å². The number of carboxylic acid groups (broad SMARTS) is 1. The Kier molecular flexibility index (Phi) is 4.73. The van der Waals surface area contributed by atoms with Crippen LogP contribution in [-0.4, -0.2) is 32.3 Å². The highest BCUT2D eigenvalue weighted by Crippen LogP contribution is 2.26. The molecule has 9 heteroatoms. The van der Waals surface area contributed by atoms with Crippen molar-refractivity contribution in [2.45, 2.75) is 13.5 Å². The Balaban J connectivity index is 1.99. The summed E-state index contributed by atoms with van der Waals surface area (Å²) in [4.78, 5) is 20.2. The third kappa shape index (κ3) is 3.17. The van der Waals surface area contributed by atoms with Crippen LogP contribution in [0, 0.1) is 24.1 Å². The van der Waals surface area contributed by atoms with Gasteiger partial charge in [-0.2, -0.15) is 5.26 Å². The topological polar surface area (TPSA) is 95.0 Å². The first-order chi connectivity index (χ1) is 12.4. The van der Waals surface area contributed by atoms with E-state index in [1.54, 1.807) is 12.1 Å². The molecule has 0 atom stereocenters. The number of rotatable bonds is 4. The molecular weight excluding hydrogens is 361 g/mol. The van der Waals surface area contributed by atoms with Crippen molar-refractivity contribution in [1.29, 1.82) is 5.26 Å². The largest absolute Gasteiger partial charge is 0.465 e. The summed E-state index contributed by atoms with van der Waals surface area (Å²) in [5, 5.41) is 19.5. The molecule has 1 aromatic carbocycles. The molecule has 0 aliphatic rings. The summed E-state index contributed by atoms with van der Waals surface area (Å²) in [5.74, 6) is -0.372. The molecule has 26 heavy (non-hydrogen) atoms. The van der Waals surface area contributed by atoms with Crippen molar-refractivity contribution in [2.75, 3.05) is 11.4 Å². The summed E-state index contributed by atoms with van der Waals surface area (Å²) in [6.45, 7) is 1.84. The number of nitriles is 1. The molecular formula is C17H13ClFN5O2. The fourth-order valence-electron chi connectivity index (χ4n) is 2.78. The van der Waals surface area contributed by atoms with Crippen LogP contribution in [0.3, 0.4) is 0 Å². The highest BCUT2D eigenvalue weighted by atomic mass is 35.5. The minimum Gasteiger partial charge on any atom is -0.465 e. The fraction of sp³-hybridized carbons (Fsp3) is 0.176. The van der Waals surface area contributed by atoms with Crippen LogP contribution >= 0.6 is 11.6 Å². The van der Waals surface area contributed by atoms with Crippen molar-refractivity contribution in [3.63, 3.8) is 0 Å². The molecule has 0 aliphatic heterocycles. The summed E-state index contributed by atoms with van der Waals surface area (Å²) < 4.78 is 15.8. The summed E-state index contributed by atoms with van der Waals surface area (Å²) in [6.07, 6.45) is -0.0889. The highest BCUT2D eigenvalue weighted by Gasteiger charge is 2.19. The van der Waals surface area contributed by atoms with Gasteiger partial charge in [0.15, 0.2) is 0 Å². The van der Waals surface area contributed by atoms with Crippen LogP contribution in [0.4, 0.5) is 15.0 Å². The van der Waals surface area contributed by atoms with Gasteiger partial charge in [0, 0.05) is 24.5 Å². The van der Waals surface area contributed by atoms with E-state index in [1.165, 1.54) is 16.7 Å². The van der Waals surface area contributed by atoms with Crippen molar-refractivity contribution in [3.8, 4) is 6.07 Å². The number of hydrogen-bond donors (Lipinski definition) is 1. The first-order valence-electron chi connectivity index (χ1n) is 7.59. The molecule has 1 N–H and O–H groups in total. The molecule has 0 unspecified atom stereocenters. The number of carbonyl (C=O) groups is 1. The lowest BCUT2D eigenvalue weighted by molar-refractivity contribution is 0.201. The maximum Gasteiger partial charge on any atom is 0.413 e. The number of anilines is 1. The van der Waals surface area contributed by atoms with Crippen molar-refractivity contribution in [1.82, 2.24) is 14.5 Å². The third-order valence-corrected chi connectivity index (χ3v) is 4.22. The van der Waals surface area contributed by atoms with Crippen LogP contribution in [0.25, 0.3) is 10.9 Å². The molecule has 0 spiro atoms. The minimum absolute atomic E-state index is 0.0471. The Morgan fingerprint density at radius 2 is 2.19 bits per heavy atom. The molecule has 132 valence electrons. The van der Waals surface area contributed by atoms with Gasteiger partial charge in [0.25, 0.3) is 0 Å². The highest BCUT2D eigenvalue weighted by molar-refractivity contribution is 6.29. The Labute approximate surface area is 152 Å². The van der Waals surface area contributed by atoms with Crippen LogP contribution in [0.2, 0.25) is 5.15 Å².